The van der Waals surface area contributed by atoms with Crippen molar-refractivity contribution in [1.29, 1.82) is 0 Å². The monoisotopic (exact) mass is 207 g/mol. The van der Waals surface area contributed by atoms with Crippen LogP contribution in [0.5, 0.6) is 0 Å². The van der Waals surface area contributed by atoms with Crippen molar-refractivity contribution in [2.45, 2.75) is 39.4 Å². The van der Waals surface area contributed by atoms with Crippen molar-refractivity contribution < 1.29 is 4.79 Å². The minimum Gasteiger partial charge on any atom is -0.318 e. The van der Waals surface area contributed by atoms with E-state index in [2.05, 4.69) is 17.2 Å². The lowest BCUT2D eigenvalue weighted by Gasteiger charge is -2.30. The third kappa shape index (κ3) is 2.74. The zero-order chi connectivity index (χ0) is 11.4. The molecular weight excluding hydrogens is 190 g/mol. The van der Waals surface area contributed by atoms with Crippen molar-refractivity contribution in [1.82, 2.24) is 10.2 Å². The van der Waals surface area contributed by atoms with E-state index in [1.54, 1.807) is 11.1 Å². The molecular formula is C11H17N3O. The van der Waals surface area contributed by atoms with Crippen LogP contribution in [0.25, 0.3) is 0 Å². The van der Waals surface area contributed by atoms with E-state index >= 15 is 0 Å². The minimum absolute atomic E-state index is 0.107. The van der Waals surface area contributed by atoms with Crippen LogP contribution < -0.4 is 11.1 Å². The Labute approximate surface area is 90.5 Å². The molecule has 1 aliphatic heterocycles. The Balaban J connectivity index is 2.93. The van der Waals surface area contributed by atoms with Gasteiger partial charge in [0.05, 0.1) is 5.57 Å². The maximum Gasteiger partial charge on any atom is 0.323 e. The van der Waals surface area contributed by atoms with Crippen molar-refractivity contribution >= 4 is 6.03 Å². The van der Waals surface area contributed by atoms with Gasteiger partial charge in [0.25, 0.3) is 0 Å². The van der Waals surface area contributed by atoms with E-state index in [-0.39, 0.29) is 12.1 Å². The molecule has 15 heavy (non-hydrogen) atoms. The average molecular weight is 207 g/mol. The van der Waals surface area contributed by atoms with Crippen LogP contribution in [0.4, 0.5) is 4.79 Å². The lowest BCUT2D eigenvalue weighted by molar-refractivity contribution is 0.198. The van der Waals surface area contributed by atoms with E-state index in [0.29, 0.717) is 0 Å². The quantitative estimate of drug-likeness (QED) is 0.630. The second-order valence-corrected chi connectivity index (χ2v) is 3.67. The van der Waals surface area contributed by atoms with Crippen LogP contribution in [0.15, 0.2) is 11.8 Å². The molecule has 0 aromatic rings. The number of rotatable bonds is 1. The first-order chi connectivity index (χ1) is 7.06. The van der Waals surface area contributed by atoms with Crippen LogP contribution in [0.1, 0.15) is 27.2 Å². The highest BCUT2D eigenvalue weighted by Crippen LogP contribution is 2.10. The third-order valence-electron chi connectivity index (χ3n) is 2.09. The Morgan fingerprint density at radius 1 is 1.67 bits per heavy atom. The first kappa shape index (κ1) is 11.6. The summed E-state index contributed by atoms with van der Waals surface area (Å²) < 4.78 is 0. The second kappa shape index (κ2) is 4.85. The zero-order valence-corrected chi connectivity index (χ0v) is 9.37. The summed E-state index contributed by atoms with van der Waals surface area (Å²) in [5.41, 5.74) is 6.50. The number of nitrogens with one attached hydrogen (secondary N) is 1. The molecule has 0 aliphatic carbocycles. The number of urea groups is 1. The summed E-state index contributed by atoms with van der Waals surface area (Å²) in [5, 5.41) is 2.66. The van der Waals surface area contributed by atoms with Crippen molar-refractivity contribution in [2.24, 2.45) is 5.73 Å². The summed E-state index contributed by atoms with van der Waals surface area (Å²) in [6, 6.07) is -0.0597. The van der Waals surface area contributed by atoms with Gasteiger partial charge >= 0.3 is 6.03 Å². The van der Waals surface area contributed by atoms with Crippen molar-refractivity contribution in [3.63, 3.8) is 0 Å². The summed E-state index contributed by atoms with van der Waals surface area (Å²) in [7, 11) is 0. The molecule has 0 aromatic carbocycles. The van der Waals surface area contributed by atoms with E-state index in [4.69, 9.17) is 5.73 Å². The molecule has 0 bridgehead atoms. The van der Waals surface area contributed by atoms with Crippen LogP contribution in [-0.2, 0) is 0 Å². The Hall–Kier alpha value is -1.47. The maximum atomic E-state index is 11.5. The van der Waals surface area contributed by atoms with E-state index in [1.807, 2.05) is 20.8 Å². The topological polar surface area (TPSA) is 58.4 Å². The van der Waals surface area contributed by atoms with Gasteiger partial charge < -0.3 is 11.1 Å². The van der Waals surface area contributed by atoms with E-state index in [1.165, 1.54) is 0 Å². The predicted octanol–water partition coefficient (Wildman–Crippen LogP) is 1.00. The normalized spacial score (nSPS) is 20.6. The number of hydrogen-bond acceptors (Lipinski definition) is 2. The van der Waals surface area contributed by atoms with Crippen molar-refractivity contribution in [3.8, 4) is 11.8 Å². The number of nitrogens with zero attached hydrogens (tertiary/aromatic N) is 1. The van der Waals surface area contributed by atoms with Gasteiger partial charge in [-0.2, -0.15) is 0 Å². The molecule has 0 aromatic heterocycles. The molecule has 0 saturated carbocycles. The van der Waals surface area contributed by atoms with Crippen molar-refractivity contribution in [2.75, 3.05) is 0 Å². The molecule has 4 nitrogen and oxygen atoms in total. The number of carbonyl (C=O) groups excluding carboxylic acids is 1. The van der Waals surface area contributed by atoms with Crippen LogP contribution in [-0.4, -0.2) is 23.1 Å². The predicted molar refractivity (Wildman–Crippen MR) is 59.6 cm³/mol. The zero-order valence-electron chi connectivity index (χ0n) is 9.37. The molecule has 4 heteroatoms. The van der Waals surface area contributed by atoms with Gasteiger partial charge in [0.2, 0.25) is 0 Å². The molecule has 1 atom stereocenters. The third-order valence-corrected chi connectivity index (χ3v) is 2.09. The van der Waals surface area contributed by atoms with Crippen LogP contribution >= 0.6 is 0 Å². The first-order valence-electron chi connectivity index (χ1n) is 5.11. The standard InChI is InChI=1S/C11H17N3O/c1-4-5-6-9-7-14(8(2)3)11(15)13-10(9)12/h7-8,10H,4,12H2,1-3H3,(H,13,15). The van der Waals surface area contributed by atoms with Gasteiger partial charge in [-0.1, -0.05) is 18.8 Å². The number of carbonyl (C=O) groups is 1. The van der Waals surface area contributed by atoms with Gasteiger partial charge in [0, 0.05) is 18.7 Å². The molecule has 1 aliphatic rings. The van der Waals surface area contributed by atoms with Gasteiger partial charge in [0.1, 0.15) is 6.17 Å². The highest BCUT2D eigenvalue weighted by Gasteiger charge is 2.24. The molecule has 1 heterocycles. The van der Waals surface area contributed by atoms with Gasteiger partial charge in [0.15, 0.2) is 0 Å². The molecule has 0 radical (unpaired) electrons. The molecule has 3 N–H and O–H groups in total. The molecule has 1 unspecified atom stereocenters. The summed E-state index contributed by atoms with van der Waals surface area (Å²) in [6.07, 6.45) is 2.03. The molecule has 82 valence electrons. The molecule has 0 spiro atoms. The summed E-state index contributed by atoms with van der Waals surface area (Å²) in [6.45, 7) is 5.86. The maximum absolute atomic E-state index is 11.5. The fourth-order valence-electron chi connectivity index (χ4n) is 1.26. The smallest absolute Gasteiger partial charge is 0.318 e. The van der Waals surface area contributed by atoms with Crippen LogP contribution in [0.3, 0.4) is 0 Å². The molecule has 0 fully saturated rings. The summed E-state index contributed by atoms with van der Waals surface area (Å²) in [5.74, 6) is 5.90. The van der Waals surface area contributed by atoms with Gasteiger partial charge in [-0.05, 0) is 13.8 Å². The van der Waals surface area contributed by atoms with Gasteiger partial charge in [-0.3, -0.25) is 4.90 Å². The van der Waals surface area contributed by atoms with E-state index < -0.39 is 6.17 Å². The minimum atomic E-state index is -0.480. The van der Waals surface area contributed by atoms with Gasteiger partial charge in [-0.25, -0.2) is 4.79 Å². The highest BCUT2D eigenvalue weighted by atomic mass is 16.2. The lowest BCUT2D eigenvalue weighted by Crippen LogP contribution is -2.53. The fraction of sp³-hybridized carbons (Fsp3) is 0.545. The number of nitrogens with two attached hydrogens (primary N) is 1. The van der Waals surface area contributed by atoms with Gasteiger partial charge in [-0.15, -0.1) is 0 Å². The first-order valence-corrected chi connectivity index (χ1v) is 5.11. The van der Waals surface area contributed by atoms with Crippen molar-refractivity contribution in [3.05, 3.63) is 11.8 Å². The fourth-order valence-corrected chi connectivity index (χ4v) is 1.26. The van der Waals surface area contributed by atoms with Crippen LogP contribution in [0, 0.1) is 11.8 Å². The van der Waals surface area contributed by atoms with E-state index in [0.717, 1.165) is 12.0 Å². The highest BCUT2D eigenvalue weighted by molar-refractivity contribution is 5.78. The number of amides is 2. The summed E-state index contributed by atoms with van der Waals surface area (Å²) in [4.78, 5) is 13.1. The Kier molecular flexibility index (Phi) is 3.75. The molecule has 0 saturated heterocycles. The lowest BCUT2D eigenvalue weighted by atomic mass is 10.1. The Morgan fingerprint density at radius 3 is 2.87 bits per heavy atom. The number of hydrogen-bond donors (Lipinski definition) is 2. The van der Waals surface area contributed by atoms with E-state index in [9.17, 15) is 4.79 Å². The average Bonchev–Trinajstić information content (AvgIpc) is 2.16. The molecule has 2 amide bonds. The Bertz CT molecular complexity index is 335. The SMILES string of the molecule is CCC#CC1=CN(C(C)C)C(=O)NC1N. The van der Waals surface area contributed by atoms with Crippen LogP contribution in [0.2, 0.25) is 0 Å². The summed E-state index contributed by atoms with van der Waals surface area (Å²) >= 11 is 0. The molecule has 1 rings (SSSR count). The largest absolute Gasteiger partial charge is 0.323 e. The Morgan fingerprint density at radius 2 is 2.33 bits per heavy atom. The second-order valence-electron chi connectivity index (χ2n) is 3.67.